The van der Waals surface area contributed by atoms with Crippen LogP contribution >= 0.6 is 0 Å². The highest BCUT2D eigenvalue weighted by molar-refractivity contribution is 5.74. The second kappa shape index (κ2) is 4.18. The average molecular weight is 202 g/mol. The van der Waals surface area contributed by atoms with Gasteiger partial charge < -0.3 is 5.11 Å². The summed E-state index contributed by atoms with van der Waals surface area (Å²) in [6.07, 6.45) is 0.517. The fourth-order valence-corrected chi connectivity index (χ4v) is 1.21. The van der Waals surface area contributed by atoms with Crippen molar-refractivity contribution in [1.82, 2.24) is 0 Å². The molecule has 0 aliphatic heterocycles. The Morgan fingerprint density at radius 1 is 1.33 bits per heavy atom. The highest BCUT2D eigenvalue weighted by atomic mass is 16.3. The molecule has 0 saturated carbocycles. The molecule has 0 amide bonds. The van der Waals surface area contributed by atoms with Gasteiger partial charge in [-0.25, -0.2) is 0 Å². The van der Waals surface area contributed by atoms with Crippen molar-refractivity contribution in [3.63, 3.8) is 0 Å². The molecule has 0 bridgehead atoms. The summed E-state index contributed by atoms with van der Waals surface area (Å²) in [6.45, 7) is 6.24. The van der Waals surface area contributed by atoms with Crippen LogP contribution in [0.15, 0.2) is 18.2 Å². The number of carbonyl (C=O) groups excluding carboxylic acids is 1. The van der Waals surface area contributed by atoms with Gasteiger partial charge in [-0.05, 0) is 29.0 Å². The lowest BCUT2D eigenvalue weighted by atomic mass is 9.86. The fraction of sp³-hybridized carbons (Fsp3) is 0.308. The number of rotatable bonds is 0. The van der Waals surface area contributed by atoms with E-state index in [1.54, 1.807) is 6.07 Å². The molecule has 1 aromatic rings. The summed E-state index contributed by atoms with van der Waals surface area (Å²) < 4.78 is 0. The van der Waals surface area contributed by atoms with Crippen LogP contribution in [0.4, 0.5) is 0 Å². The largest absolute Gasteiger partial charge is 0.507 e. The molecular weight excluding hydrogens is 188 g/mol. The Balaban J connectivity index is 3.22. The van der Waals surface area contributed by atoms with E-state index >= 15 is 0 Å². The van der Waals surface area contributed by atoms with E-state index in [0.717, 1.165) is 5.56 Å². The van der Waals surface area contributed by atoms with E-state index in [-0.39, 0.29) is 11.2 Å². The summed E-state index contributed by atoms with van der Waals surface area (Å²) >= 11 is 0. The van der Waals surface area contributed by atoms with Gasteiger partial charge in [-0.15, -0.1) is 0 Å². The summed E-state index contributed by atoms with van der Waals surface area (Å²) in [4.78, 5) is 10.1. The molecular formula is C13H14O2. The summed E-state index contributed by atoms with van der Waals surface area (Å²) in [5, 5.41) is 9.51. The zero-order chi connectivity index (χ0) is 11.5. The minimum absolute atomic E-state index is 0.00527. The first-order valence-electron chi connectivity index (χ1n) is 4.74. The minimum Gasteiger partial charge on any atom is -0.507 e. The molecule has 0 saturated heterocycles. The quantitative estimate of drug-likeness (QED) is 0.517. The number of benzene rings is 1. The highest BCUT2D eigenvalue weighted by Gasteiger charge is 2.14. The Kier molecular flexibility index (Phi) is 3.16. The van der Waals surface area contributed by atoms with Gasteiger partial charge in [-0.1, -0.05) is 32.8 Å². The third kappa shape index (κ3) is 2.85. The lowest BCUT2D eigenvalue weighted by Gasteiger charge is -2.19. The fourth-order valence-electron chi connectivity index (χ4n) is 1.21. The number of phenols is 1. The van der Waals surface area contributed by atoms with Crippen LogP contribution in [0.2, 0.25) is 0 Å². The number of hydrogen-bond donors (Lipinski definition) is 1. The highest BCUT2D eigenvalue weighted by Crippen LogP contribution is 2.26. The first-order chi connectivity index (χ1) is 6.95. The summed E-state index contributed by atoms with van der Waals surface area (Å²) in [7, 11) is 0. The van der Waals surface area contributed by atoms with E-state index in [1.165, 1.54) is 0 Å². The number of carbonyl (C=O) groups is 1. The van der Waals surface area contributed by atoms with Gasteiger partial charge in [0.25, 0.3) is 0 Å². The second-order valence-corrected chi connectivity index (χ2v) is 4.37. The monoisotopic (exact) mass is 202 g/mol. The molecule has 2 heteroatoms. The third-order valence-corrected chi connectivity index (χ3v) is 2.13. The van der Waals surface area contributed by atoms with E-state index in [1.807, 2.05) is 12.1 Å². The molecule has 0 heterocycles. The normalized spacial score (nSPS) is 10.3. The minimum atomic E-state index is 0.00527. The van der Waals surface area contributed by atoms with Gasteiger partial charge in [0.15, 0.2) is 6.29 Å². The Hall–Kier alpha value is -1.75. The summed E-state index contributed by atoms with van der Waals surface area (Å²) in [6, 6.07) is 5.28. The zero-order valence-corrected chi connectivity index (χ0v) is 9.16. The number of aldehydes is 1. The van der Waals surface area contributed by atoms with E-state index in [9.17, 15) is 9.90 Å². The Labute approximate surface area is 89.9 Å². The van der Waals surface area contributed by atoms with Gasteiger partial charge >= 0.3 is 0 Å². The van der Waals surface area contributed by atoms with Gasteiger partial charge in [0.05, 0.1) is 5.56 Å². The van der Waals surface area contributed by atoms with Crippen LogP contribution in [0, 0.1) is 11.8 Å². The molecule has 1 aromatic carbocycles. The van der Waals surface area contributed by atoms with E-state index in [2.05, 4.69) is 32.6 Å². The van der Waals surface area contributed by atoms with E-state index < -0.39 is 0 Å². The molecule has 0 aliphatic rings. The van der Waals surface area contributed by atoms with Crippen LogP contribution in [0.5, 0.6) is 5.75 Å². The van der Waals surface area contributed by atoms with Crippen molar-refractivity contribution in [2.45, 2.75) is 26.2 Å². The number of hydrogen-bond acceptors (Lipinski definition) is 2. The zero-order valence-electron chi connectivity index (χ0n) is 9.16. The van der Waals surface area contributed by atoms with Gasteiger partial charge in [-0.2, -0.15) is 0 Å². The Bertz CT molecular complexity index is 428. The molecule has 78 valence electrons. The van der Waals surface area contributed by atoms with Gasteiger partial charge in [0.1, 0.15) is 5.75 Å². The summed E-state index contributed by atoms with van der Waals surface area (Å²) in [5.41, 5.74) is 1.58. The van der Waals surface area contributed by atoms with Gasteiger partial charge in [-0.3, -0.25) is 4.79 Å². The molecule has 0 spiro atoms. The lowest BCUT2D eigenvalue weighted by molar-refractivity contribution is -0.103. The molecule has 1 N–H and O–H groups in total. The van der Waals surface area contributed by atoms with Crippen molar-refractivity contribution in [3.05, 3.63) is 29.3 Å². The molecule has 15 heavy (non-hydrogen) atoms. The maximum atomic E-state index is 10.1. The van der Waals surface area contributed by atoms with Crippen molar-refractivity contribution in [2.24, 2.45) is 0 Å². The topological polar surface area (TPSA) is 37.3 Å². The maximum absolute atomic E-state index is 10.1. The van der Waals surface area contributed by atoms with Crippen LogP contribution < -0.4 is 0 Å². The van der Waals surface area contributed by atoms with Crippen LogP contribution in [0.1, 0.15) is 31.9 Å². The van der Waals surface area contributed by atoms with Crippen LogP contribution in [-0.4, -0.2) is 11.4 Å². The first-order valence-corrected chi connectivity index (χ1v) is 4.74. The number of aromatic hydroxyl groups is 1. The predicted molar refractivity (Wildman–Crippen MR) is 59.7 cm³/mol. The average Bonchev–Trinajstić information content (AvgIpc) is 2.15. The molecule has 0 fully saturated rings. The Morgan fingerprint density at radius 3 is 2.53 bits per heavy atom. The predicted octanol–water partition coefficient (Wildman–Crippen LogP) is 2.24. The Morgan fingerprint density at radius 2 is 2.00 bits per heavy atom. The second-order valence-electron chi connectivity index (χ2n) is 4.37. The molecule has 0 aliphatic carbocycles. The van der Waals surface area contributed by atoms with Gasteiger partial charge in [0.2, 0.25) is 0 Å². The molecule has 0 unspecified atom stereocenters. The molecule has 1 rings (SSSR count). The molecule has 0 atom stereocenters. The van der Waals surface area contributed by atoms with Crippen molar-refractivity contribution in [3.8, 4) is 17.6 Å². The summed E-state index contributed by atoms with van der Waals surface area (Å²) in [5.74, 6) is 5.01. The van der Waals surface area contributed by atoms with E-state index in [4.69, 9.17) is 0 Å². The first kappa shape index (κ1) is 11.3. The molecule has 0 radical (unpaired) electrons. The lowest BCUT2D eigenvalue weighted by Crippen LogP contribution is -2.10. The van der Waals surface area contributed by atoms with Gasteiger partial charge in [0, 0.05) is 0 Å². The van der Waals surface area contributed by atoms with Crippen LogP contribution in [0.25, 0.3) is 0 Å². The standard InChI is InChI=1S/C13H14O2/c1-13(2,3)11-6-7-12(15)10(9-11)5-4-8-14/h6-9,15H,1-3H3. The van der Waals surface area contributed by atoms with Crippen LogP contribution in [0.3, 0.4) is 0 Å². The van der Waals surface area contributed by atoms with Crippen molar-refractivity contribution >= 4 is 6.29 Å². The number of phenolic OH excluding ortho intramolecular Hbond substituents is 1. The van der Waals surface area contributed by atoms with E-state index in [0.29, 0.717) is 11.8 Å². The smallest absolute Gasteiger partial charge is 0.193 e. The van der Waals surface area contributed by atoms with Crippen molar-refractivity contribution in [2.75, 3.05) is 0 Å². The SMILES string of the molecule is CC(C)(C)c1ccc(O)c(C#CC=O)c1. The maximum Gasteiger partial charge on any atom is 0.193 e. The van der Waals surface area contributed by atoms with Crippen molar-refractivity contribution < 1.29 is 9.90 Å². The molecule has 2 nitrogen and oxygen atoms in total. The van der Waals surface area contributed by atoms with Crippen molar-refractivity contribution in [1.29, 1.82) is 0 Å². The van der Waals surface area contributed by atoms with Crippen LogP contribution in [-0.2, 0) is 10.2 Å². The molecule has 0 aromatic heterocycles. The third-order valence-electron chi connectivity index (χ3n) is 2.13.